The van der Waals surface area contributed by atoms with Gasteiger partial charge in [-0.15, -0.1) is 5.10 Å². The molecule has 0 bridgehead atoms. The van der Waals surface area contributed by atoms with Gasteiger partial charge in [0.2, 0.25) is 12.7 Å². The van der Waals surface area contributed by atoms with Crippen molar-refractivity contribution in [2.75, 3.05) is 54.6 Å². The standard InChI is InChI=1S/C32H33ClN11O9P/c1-3-37-29-30-38-17-22(16-35)44(30)40-31(39-29)43(32(47)52-18-51-26(45)14-20-4-6-23(7-5-20)53-54(48,49)50)25-13-21(15-34)12-24(27(25)33)42-10-8-41(9-11-42)19(2)28(36)46/h4-7,12-13,17,19H,3,8-11,14,18H2,1-2H3,(H2,36,46)(H,37,39,40)(H2,48,49,50). The number of nitrogens with two attached hydrogens (primary N) is 1. The van der Waals surface area contributed by atoms with Crippen LogP contribution < -0.4 is 25.4 Å². The lowest BCUT2D eigenvalue weighted by atomic mass is 10.1. The van der Waals surface area contributed by atoms with E-state index in [4.69, 9.17) is 36.6 Å². The number of phosphoric ester groups is 1. The van der Waals surface area contributed by atoms with E-state index in [1.54, 1.807) is 19.9 Å². The van der Waals surface area contributed by atoms with Crippen LogP contribution >= 0.6 is 19.4 Å². The third kappa shape index (κ3) is 9.12. The highest BCUT2D eigenvalue weighted by Gasteiger charge is 2.32. The maximum absolute atomic E-state index is 14.0. The second kappa shape index (κ2) is 16.8. The molecule has 22 heteroatoms. The van der Waals surface area contributed by atoms with Gasteiger partial charge in [-0.2, -0.15) is 20.0 Å². The summed E-state index contributed by atoms with van der Waals surface area (Å²) in [7, 11) is -4.77. The van der Waals surface area contributed by atoms with E-state index in [2.05, 4.69) is 31.0 Å². The van der Waals surface area contributed by atoms with Gasteiger partial charge in [-0.3, -0.25) is 24.3 Å². The minimum atomic E-state index is -4.77. The summed E-state index contributed by atoms with van der Waals surface area (Å²) in [6.07, 6.45) is -0.203. The largest absolute Gasteiger partial charge is 0.524 e. The summed E-state index contributed by atoms with van der Waals surface area (Å²) in [5.74, 6) is -1.60. The van der Waals surface area contributed by atoms with Crippen molar-refractivity contribution >= 4 is 66.2 Å². The van der Waals surface area contributed by atoms with E-state index in [9.17, 15) is 29.5 Å². The van der Waals surface area contributed by atoms with Crippen molar-refractivity contribution in [3.8, 4) is 17.9 Å². The van der Waals surface area contributed by atoms with Gasteiger partial charge in [-0.25, -0.2) is 19.2 Å². The number of amides is 2. The molecule has 5 N–H and O–H groups in total. The zero-order valence-corrected chi connectivity index (χ0v) is 30.4. The molecule has 0 saturated carbocycles. The first-order valence-corrected chi connectivity index (χ1v) is 18.0. The Labute approximate surface area is 312 Å². The number of hydrogen-bond acceptors (Lipinski definition) is 15. The summed E-state index contributed by atoms with van der Waals surface area (Å²) in [5.41, 5.74) is 6.50. The van der Waals surface area contributed by atoms with Crippen LogP contribution in [0.25, 0.3) is 5.65 Å². The summed E-state index contributed by atoms with van der Waals surface area (Å²) in [6, 6.07) is 11.7. The van der Waals surface area contributed by atoms with Crippen LogP contribution in [0.3, 0.4) is 0 Å². The van der Waals surface area contributed by atoms with Crippen LogP contribution in [0.15, 0.2) is 42.6 Å². The van der Waals surface area contributed by atoms with E-state index in [1.165, 1.54) is 41.0 Å². The van der Waals surface area contributed by atoms with Crippen molar-refractivity contribution in [3.63, 3.8) is 0 Å². The number of benzene rings is 2. The predicted molar refractivity (Wildman–Crippen MR) is 191 cm³/mol. The number of hydrogen-bond donors (Lipinski definition) is 4. The Balaban J connectivity index is 1.46. The first-order chi connectivity index (χ1) is 25.7. The normalized spacial score (nSPS) is 13.7. The molecule has 0 aliphatic carbocycles. The predicted octanol–water partition coefficient (Wildman–Crippen LogP) is 2.44. The van der Waals surface area contributed by atoms with Crippen LogP contribution in [0.5, 0.6) is 5.75 Å². The molecule has 0 radical (unpaired) electrons. The molecule has 5 rings (SSSR count). The van der Waals surface area contributed by atoms with Crippen molar-refractivity contribution in [3.05, 3.63) is 64.4 Å². The van der Waals surface area contributed by atoms with Gasteiger partial charge in [0.15, 0.2) is 17.2 Å². The number of halogens is 1. The number of carbonyl (C=O) groups excluding carboxylic acids is 3. The quantitative estimate of drug-likeness (QED) is 0.0861. The zero-order chi connectivity index (χ0) is 39.2. The molecule has 1 fully saturated rings. The number of ether oxygens (including phenoxy) is 2. The number of rotatable bonds is 13. The SMILES string of the molecule is CCNc1nc(N(C(=O)OCOC(=O)Cc2ccc(OP(=O)(O)O)cc2)c2cc(C#N)cc(N3CCN(C(C)C(N)=O)CC3)c2Cl)nn2c(C#N)cnc12. The van der Waals surface area contributed by atoms with Gasteiger partial charge in [0.1, 0.15) is 11.8 Å². The minimum Gasteiger partial charge on any atom is -0.428 e. The van der Waals surface area contributed by atoms with Crippen LogP contribution in [0.1, 0.15) is 30.7 Å². The molecule has 3 heterocycles. The second-order valence-corrected chi connectivity index (χ2v) is 13.1. The van der Waals surface area contributed by atoms with Gasteiger partial charge < -0.3 is 29.9 Å². The first kappa shape index (κ1) is 39.2. The molecular formula is C32H33ClN11O9P. The second-order valence-electron chi connectivity index (χ2n) is 11.6. The smallest absolute Gasteiger partial charge is 0.428 e. The number of anilines is 4. The number of esters is 1. The van der Waals surface area contributed by atoms with Crippen LogP contribution in [0.4, 0.5) is 27.9 Å². The Morgan fingerprint density at radius 3 is 2.43 bits per heavy atom. The van der Waals surface area contributed by atoms with Gasteiger partial charge in [0, 0.05) is 32.7 Å². The van der Waals surface area contributed by atoms with Crippen molar-refractivity contribution in [2.45, 2.75) is 26.3 Å². The number of imidazole rings is 1. The number of nitrogens with zero attached hydrogens (tertiary/aromatic N) is 9. The summed E-state index contributed by atoms with van der Waals surface area (Å²) < 4.78 is 27.2. The molecule has 4 aromatic rings. The Morgan fingerprint density at radius 1 is 1.11 bits per heavy atom. The third-order valence-electron chi connectivity index (χ3n) is 8.11. The van der Waals surface area contributed by atoms with E-state index >= 15 is 0 Å². The Hall–Kier alpha value is -6.02. The number of carbonyl (C=O) groups is 3. The van der Waals surface area contributed by atoms with Gasteiger partial charge in [-0.1, -0.05) is 23.7 Å². The van der Waals surface area contributed by atoms with E-state index < -0.39 is 38.6 Å². The molecule has 2 aromatic carbocycles. The van der Waals surface area contributed by atoms with Crippen LogP contribution in [0.2, 0.25) is 5.02 Å². The Kier molecular flexibility index (Phi) is 12.2. The van der Waals surface area contributed by atoms with E-state index in [0.29, 0.717) is 44.0 Å². The van der Waals surface area contributed by atoms with Gasteiger partial charge in [0.25, 0.3) is 5.95 Å². The maximum Gasteiger partial charge on any atom is 0.524 e. The highest BCUT2D eigenvalue weighted by atomic mass is 35.5. The van der Waals surface area contributed by atoms with Gasteiger partial charge >= 0.3 is 19.9 Å². The van der Waals surface area contributed by atoms with Crippen molar-refractivity contribution < 1.29 is 42.7 Å². The van der Waals surface area contributed by atoms with E-state index in [1.807, 2.05) is 15.9 Å². The fraction of sp³-hybridized carbons (Fsp3) is 0.312. The highest BCUT2D eigenvalue weighted by Crippen LogP contribution is 2.40. The molecule has 1 saturated heterocycles. The maximum atomic E-state index is 14.0. The molecule has 282 valence electrons. The molecule has 1 atom stereocenters. The number of primary amides is 1. The van der Waals surface area contributed by atoms with Crippen LogP contribution in [0, 0.1) is 22.7 Å². The highest BCUT2D eigenvalue weighted by molar-refractivity contribution is 7.46. The minimum absolute atomic E-state index is 0.00496. The Morgan fingerprint density at radius 2 is 1.81 bits per heavy atom. The summed E-state index contributed by atoms with van der Waals surface area (Å²) in [5, 5.41) is 27.2. The number of nitriles is 2. The number of piperazine rings is 1. The average Bonchev–Trinajstić information content (AvgIpc) is 3.56. The van der Waals surface area contributed by atoms with Crippen molar-refractivity contribution in [1.29, 1.82) is 10.5 Å². The molecule has 20 nitrogen and oxygen atoms in total. The number of fused-ring (bicyclic) bond motifs is 1. The summed E-state index contributed by atoms with van der Waals surface area (Å²) in [4.78, 5) is 69.7. The molecule has 54 heavy (non-hydrogen) atoms. The number of nitrogens with one attached hydrogen (secondary N) is 1. The van der Waals surface area contributed by atoms with Gasteiger partial charge in [0.05, 0.1) is 46.7 Å². The van der Waals surface area contributed by atoms with Crippen molar-refractivity contribution in [1.82, 2.24) is 24.5 Å². The zero-order valence-electron chi connectivity index (χ0n) is 28.7. The molecular weight excluding hydrogens is 749 g/mol. The van der Waals surface area contributed by atoms with Crippen LogP contribution in [-0.2, 0) is 30.0 Å². The fourth-order valence-electron chi connectivity index (χ4n) is 5.43. The third-order valence-corrected chi connectivity index (χ3v) is 8.95. The topological polar surface area (TPSA) is 275 Å². The van der Waals surface area contributed by atoms with Crippen LogP contribution in [-0.4, -0.2) is 97.8 Å². The van der Waals surface area contributed by atoms with E-state index in [0.717, 1.165) is 4.90 Å². The molecule has 2 amide bonds. The fourth-order valence-corrected chi connectivity index (χ4v) is 6.14. The molecule has 0 spiro atoms. The monoisotopic (exact) mass is 781 g/mol. The molecule has 1 aliphatic rings. The first-order valence-electron chi connectivity index (χ1n) is 16.1. The van der Waals surface area contributed by atoms with E-state index in [-0.39, 0.29) is 51.6 Å². The van der Waals surface area contributed by atoms with Gasteiger partial charge in [-0.05, 0) is 43.7 Å². The average molecular weight is 782 g/mol. The lowest BCUT2D eigenvalue weighted by Gasteiger charge is -2.38. The Bertz CT molecular complexity index is 2190. The lowest BCUT2D eigenvalue weighted by Crippen LogP contribution is -2.53. The number of aromatic nitrogens is 4. The summed E-state index contributed by atoms with van der Waals surface area (Å²) >= 11 is 7.02. The summed E-state index contributed by atoms with van der Waals surface area (Å²) in [6.45, 7) is 4.65. The molecule has 1 aliphatic heterocycles. The van der Waals surface area contributed by atoms with Crippen molar-refractivity contribution in [2.24, 2.45) is 5.73 Å². The molecule has 1 unspecified atom stereocenters. The number of phosphoric acid groups is 1. The lowest BCUT2D eigenvalue weighted by molar-refractivity contribution is -0.150. The molecule has 2 aromatic heterocycles.